The molecule has 0 radical (unpaired) electrons. The van der Waals surface area contributed by atoms with Gasteiger partial charge in [0.1, 0.15) is 0 Å². The fourth-order valence-electron chi connectivity index (χ4n) is 1.26. The summed E-state index contributed by atoms with van der Waals surface area (Å²) in [5, 5.41) is 0.756. The van der Waals surface area contributed by atoms with Gasteiger partial charge in [-0.3, -0.25) is 0 Å². The van der Waals surface area contributed by atoms with Gasteiger partial charge in [-0.15, -0.1) is 11.8 Å². The van der Waals surface area contributed by atoms with Crippen LogP contribution in [0.25, 0.3) is 0 Å². The molecule has 0 aromatic heterocycles. The summed E-state index contributed by atoms with van der Waals surface area (Å²) in [6, 6.07) is 5.55. The molecule has 0 aliphatic rings. The zero-order valence-electron chi connectivity index (χ0n) is 10.4. The molecule has 0 atom stereocenters. The van der Waals surface area contributed by atoms with E-state index in [9.17, 15) is 0 Å². The third kappa shape index (κ3) is 6.20. The molecule has 0 unspecified atom stereocenters. The number of halogens is 1. The molecule has 0 heterocycles. The lowest BCUT2D eigenvalue weighted by Crippen LogP contribution is -2.02. The second-order valence-electron chi connectivity index (χ2n) is 4.33. The normalized spacial score (nSPS) is 11.1. The lowest BCUT2D eigenvalue weighted by atomic mass is 10.1. The van der Waals surface area contributed by atoms with E-state index < -0.39 is 0 Å². The molecular weight excluding hydrogens is 254 g/mol. The SMILES string of the molecule is CC(C)CCOCCSc1cc(N)ccc1Cl. The molecule has 17 heavy (non-hydrogen) atoms. The first-order valence-electron chi connectivity index (χ1n) is 5.85. The second kappa shape index (κ2) is 7.85. The molecule has 0 saturated heterocycles. The van der Waals surface area contributed by atoms with E-state index in [2.05, 4.69) is 13.8 Å². The molecule has 0 aliphatic carbocycles. The number of ether oxygens (including phenoxy) is 1. The molecule has 0 aliphatic heterocycles. The minimum Gasteiger partial charge on any atom is -0.399 e. The van der Waals surface area contributed by atoms with Crippen LogP contribution >= 0.6 is 23.4 Å². The molecule has 0 spiro atoms. The van der Waals surface area contributed by atoms with Gasteiger partial charge in [0, 0.05) is 22.9 Å². The Kier molecular flexibility index (Phi) is 6.78. The van der Waals surface area contributed by atoms with Crippen LogP contribution in [0.1, 0.15) is 20.3 Å². The van der Waals surface area contributed by atoms with Gasteiger partial charge in [0.2, 0.25) is 0 Å². The molecule has 2 N–H and O–H groups in total. The highest BCUT2D eigenvalue weighted by Crippen LogP contribution is 2.28. The highest BCUT2D eigenvalue weighted by molar-refractivity contribution is 7.99. The molecule has 4 heteroatoms. The molecule has 96 valence electrons. The Labute approximate surface area is 113 Å². The van der Waals surface area contributed by atoms with Crippen LogP contribution in [0.2, 0.25) is 5.02 Å². The van der Waals surface area contributed by atoms with Crippen molar-refractivity contribution in [1.82, 2.24) is 0 Å². The lowest BCUT2D eigenvalue weighted by molar-refractivity contribution is 0.138. The predicted octanol–water partition coefficient (Wildman–Crippen LogP) is 4.08. The fourth-order valence-corrected chi connectivity index (χ4v) is 2.39. The zero-order chi connectivity index (χ0) is 12.7. The van der Waals surface area contributed by atoms with E-state index in [1.54, 1.807) is 11.8 Å². The van der Waals surface area contributed by atoms with Crippen LogP contribution in [-0.4, -0.2) is 19.0 Å². The highest BCUT2D eigenvalue weighted by atomic mass is 35.5. The van der Waals surface area contributed by atoms with Crippen LogP contribution in [0.3, 0.4) is 0 Å². The Morgan fingerprint density at radius 2 is 2.12 bits per heavy atom. The number of benzene rings is 1. The minimum absolute atomic E-state index is 0.700. The smallest absolute Gasteiger partial charge is 0.0560 e. The quantitative estimate of drug-likeness (QED) is 0.462. The molecule has 1 rings (SSSR count). The number of nitrogens with two attached hydrogens (primary N) is 1. The van der Waals surface area contributed by atoms with Crippen LogP contribution in [-0.2, 0) is 4.74 Å². The average Bonchev–Trinajstić information content (AvgIpc) is 2.27. The van der Waals surface area contributed by atoms with Crippen LogP contribution < -0.4 is 5.73 Å². The zero-order valence-corrected chi connectivity index (χ0v) is 12.0. The summed E-state index contributed by atoms with van der Waals surface area (Å²) in [5.41, 5.74) is 6.46. The molecule has 2 nitrogen and oxygen atoms in total. The van der Waals surface area contributed by atoms with Crippen molar-refractivity contribution < 1.29 is 4.74 Å². The maximum atomic E-state index is 6.06. The first kappa shape index (κ1) is 14.7. The Morgan fingerprint density at radius 1 is 1.35 bits per heavy atom. The first-order chi connectivity index (χ1) is 8.09. The fraction of sp³-hybridized carbons (Fsp3) is 0.538. The molecular formula is C13H20ClNOS. The van der Waals surface area contributed by atoms with Crippen molar-refractivity contribution in [3.05, 3.63) is 23.2 Å². The number of anilines is 1. The largest absolute Gasteiger partial charge is 0.399 e. The third-order valence-electron chi connectivity index (χ3n) is 2.28. The standard InChI is InChI=1S/C13H20ClNOS/c1-10(2)5-6-16-7-8-17-13-9-11(15)3-4-12(13)14/h3-4,9-10H,5-8,15H2,1-2H3. The number of hydrogen-bond acceptors (Lipinski definition) is 3. The van der Waals surface area contributed by atoms with Gasteiger partial charge >= 0.3 is 0 Å². The Morgan fingerprint density at radius 3 is 2.82 bits per heavy atom. The van der Waals surface area contributed by atoms with Crippen molar-refractivity contribution in [3.8, 4) is 0 Å². The summed E-state index contributed by atoms with van der Waals surface area (Å²) in [7, 11) is 0. The van der Waals surface area contributed by atoms with Crippen molar-refractivity contribution in [1.29, 1.82) is 0 Å². The van der Waals surface area contributed by atoms with Gasteiger partial charge in [-0.2, -0.15) is 0 Å². The van der Waals surface area contributed by atoms with E-state index in [0.29, 0.717) is 5.92 Å². The van der Waals surface area contributed by atoms with Crippen LogP contribution in [0.5, 0.6) is 0 Å². The third-order valence-corrected chi connectivity index (χ3v) is 3.74. The van der Waals surface area contributed by atoms with Gasteiger partial charge < -0.3 is 10.5 Å². The topological polar surface area (TPSA) is 35.2 Å². The van der Waals surface area contributed by atoms with E-state index in [-0.39, 0.29) is 0 Å². The Hall–Kier alpha value is -0.380. The summed E-state index contributed by atoms with van der Waals surface area (Å²) in [6.07, 6.45) is 1.11. The second-order valence-corrected chi connectivity index (χ2v) is 5.88. The Balaban J connectivity index is 2.20. The van der Waals surface area contributed by atoms with E-state index >= 15 is 0 Å². The maximum Gasteiger partial charge on any atom is 0.0560 e. The summed E-state index contributed by atoms with van der Waals surface area (Å²) in [4.78, 5) is 1.03. The summed E-state index contributed by atoms with van der Waals surface area (Å²) < 4.78 is 5.54. The van der Waals surface area contributed by atoms with E-state index in [1.807, 2.05) is 18.2 Å². The average molecular weight is 274 g/mol. The van der Waals surface area contributed by atoms with Gasteiger partial charge in [-0.25, -0.2) is 0 Å². The van der Waals surface area contributed by atoms with Crippen LogP contribution in [0, 0.1) is 5.92 Å². The van der Waals surface area contributed by atoms with Crippen molar-refractivity contribution in [3.63, 3.8) is 0 Å². The lowest BCUT2D eigenvalue weighted by Gasteiger charge is -2.07. The Bertz CT molecular complexity index is 344. The van der Waals surface area contributed by atoms with Gasteiger partial charge in [0.25, 0.3) is 0 Å². The van der Waals surface area contributed by atoms with Crippen molar-refractivity contribution in [2.24, 2.45) is 5.92 Å². The van der Waals surface area contributed by atoms with Crippen molar-refractivity contribution >= 4 is 29.1 Å². The van der Waals surface area contributed by atoms with Crippen molar-refractivity contribution in [2.45, 2.75) is 25.2 Å². The van der Waals surface area contributed by atoms with Crippen molar-refractivity contribution in [2.75, 3.05) is 24.7 Å². The van der Waals surface area contributed by atoms with E-state index in [1.165, 1.54) is 0 Å². The van der Waals surface area contributed by atoms with Crippen LogP contribution in [0.15, 0.2) is 23.1 Å². The van der Waals surface area contributed by atoms with Crippen LogP contribution in [0.4, 0.5) is 5.69 Å². The van der Waals surface area contributed by atoms with Gasteiger partial charge in [0.05, 0.1) is 11.6 Å². The molecule has 1 aromatic carbocycles. The molecule has 0 saturated carbocycles. The summed E-state index contributed by atoms with van der Waals surface area (Å²) in [5.74, 6) is 1.60. The maximum absolute atomic E-state index is 6.06. The summed E-state index contributed by atoms with van der Waals surface area (Å²) >= 11 is 7.74. The molecule has 0 bridgehead atoms. The number of nitrogen functional groups attached to an aromatic ring is 1. The van der Waals surface area contributed by atoms with E-state index in [4.69, 9.17) is 22.1 Å². The van der Waals surface area contributed by atoms with Gasteiger partial charge in [-0.1, -0.05) is 25.4 Å². The highest BCUT2D eigenvalue weighted by Gasteiger charge is 2.01. The van der Waals surface area contributed by atoms with E-state index in [0.717, 1.165) is 41.0 Å². The number of rotatable bonds is 7. The molecule has 0 amide bonds. The molecule has 0 fully saturated rings. The predicted molar refractivity (Wildman–Crippen MR) is 76.9 cm³/mol. The monoisotopic (exact) mass is 273 g/mol. The first-order valence-corrected chi connectivity index (χ1v) is 7.21. The minimum atomic E-state index is 0.700. The molecule has 1 aromatic rings. The van der Waals surface area contributed by atoms with Gasteiger partial charge in [-0.05, 0) is 30.5 Å². The van der Waals surface area contributed by atoms with Gasteiger partial charge in [0.15, 0.2) is 0 Å². The number of thioether (sulfide) groups is 1. The number of hydrogen-bond donors (Lipinski definition) is 1. The summed E-state index contributed by atoms with van der Waals surface area (Å²) in [6.45, 7) is 5.99.